The molecule has 1 unspecified atom stereocenters. The maximum atomic E-state index is 12.3. The van der Waals surface area contributed by atoms with E-state index in [0.717, 1.165) is 36.8 Å². The van der Waals surface area contributed by atoms with E-state index in [9.17, 15) is 19.2 Å². The van der Waals surface area contributed by atoms with E-state index >= 15 is 0 Å². The number of hydrogen-bond donors (Lipinski definition) is 0. The van der Waals surface area contributed by atoms with Gasteiger partial charge in [0, 0.05) is 68.1 Å². The van der Waals surface area contributed by atoms with Crippen molar-refractivity contribution in [3.05, 3.63) is 136 Å². The first-order valence-corrected chi connectivity index (χ1v) is 23.2. The quantitative estimate of drug-likeness (QED) is 0.0807. The third kappa shape index (κ3) is 23.5. The summed E-state index contributed by atoms with van der Waals surface area (Å²) in [4.78, 5) is 52.2. The zero-order valence-corrected chi connectivity index (χ0v) is 42.0. The van der Waals surface area contributed by atoms with Gasteiger partial charge in [-0.15, -0.1) is 0 Å². The molecule has 12 nitrogen and oxygen atoms in total. The Morgan fingerprint density at radius 1 is 0.586 bits per heavy atom. The van der Waals surface area contributed by atoms with Gasteiger partial charge in [-0.2, -0.15) is 0 Å². The largest absolute Gasteiger partial charge is 0.455 e. The highest BCUT2D eigenvalue weighted by Crippen LogP contribution is 2.37. The second-order valence-electron chi connectivity index (χ2n) is 17.0. The Bertz CT molecular complexity index is 2370. The summed E-state index contributed by atoms with van der Waals surface area (Å²) in [6.45, 7) is 28.1. The summed E-state index contributed by atoms with van der Waals surface area (Å²) in [5.74, 6) is 2.95. The Morgan fingerprint density at radius 3 is 1.36 bits per heavy atom. The van der Waals surface area contributed by atoms with E-state index in [2.05, 4.69) is 100 Å². The summed E-state index contributed by atoms with van der Waals surface area (Å²) in [7, 11) is 0. The summed E-state index contributed by atoms with van der Waals surface area (Å²) in [5, 5.41) is 0. The van der Waals surface area contributed by atoms with Gasteiger partial charge in [0.1, 0.15) is 6.10 Å². The molecule has 2 fully saturated rings. The molecule has 374 valence electrons. The van der Waals surface area contributed by atoms with Crippen molar-refractivity contribution in [2.24, 2.45) is 0 Å². The van der Waals surface area contributed by atoms with Crippen LogP contribution in [-0.2, 0) is 47.6 Å². The zero-order chi connectivity index (χ0) is 51.2. The molecule has 2 saturated heterocycles. The molecule has 2 aliphatic carbocycles. The van der Waals surface area contributed by atoms with Crippen molar-refractivity contribution >= 4 is 23.8 Å². The van der Waals surface area contributed by atoms with Gasteiger partial charge in [-0.3, -0.25) is 9.59 Å². The van der Waals surface area contributed by atoms with E-state index in [4.69, 9.17) is 28.4 Å². The van der Waals surface area contributed by atoms with Gasteiger partial charge in [0.2, 0.25) is 5.91 Å². The normalized spacial score (nSPS) is 16.6. The SMILES string of the molecule is C.C=C=C=C=C=C=C=C=C=C=C=C=C.CC(/C=C\C(=O)N(C(C)C)C(C)C)OC(=O)/C=C/C1=CCCC2(C1)OCCO2.CC(C)N(C(=O)C#C[C@@H](C)OC(=O)/C=C/C1=CCCC2(C1)OCCO2)C(C)C. The second-order valence-corrected chi connectivity index (χ2v) is 17.0. The maximum Gasteiger partial charge on any atom is 0.331 e. The smallest absolute Gasteiger partial charge is 0.331 e. The molecular formula is C58H72N2O10. The van der Waals surface area contributed by atoms with Crippen LogP contribution >= 0.6 is 0 Å². The number of carbonyl (C=O) groups is 4. The van der Waals surface area contributed by atoms with Crippen LogP contribution in [-0.4, -0.2) is 108 Å². The first-order valence-electron chi connectivity index (χ1n) is 23.2. The van der Waals surface area contributed by atoms with Crippen LogP contribution in [0, 0.1) is 11.8 Å². The lowest BCUT2D eigenvalue weighted by Gasteiger charge is -2.30. The molecule has 2 heterocycles. The van der Waals surface area contributed by atoms with Crippen LogP contribution in [0.5, 0.6) is 0 Å². The molecule has 0 saturated carbocycles. The minimum Gasteiger partial charge on any atom is -0.455 e. The Hall–Kier alpha value is -6.70. The molecule has 4 rings (SSSR count). The van der Waals surface area contributed by atoms with Gasteiger partial charge in [0.05, 0.1) is 26.4 Å². The number of ether oxygens (including phenoxy) is 6. The average molecular weight is 957 g/mol. The lowest BCUT2D eigenvalue weighted by atomic mass is 9.93. The third-order valence-electron chi connectivity index (χ3n) is 10.2. The number of carbonyl (C=O) groups excluding carboxylic acids is 4. The van der Waals surface area contributed by atoms with E-state index in [1.807, 2.05) is 55.4 Å². The van der Waals surface area contributed by atoms with Crippen molar-refractivity contribution in [3.8, 4) is 11.8 Å². The van der Waals surface area contributed by atoms with E-state index in [-0.39, 0.29) is 43.4 Å². The second kappa shape index (κ2) is 32.9. The van der Waals surface area contributed by atoms with Crippen LogP contribution in [0.3, 0.4) is 0 Å². The Kier molecular flexibility index (Phi) is 28.9. The highest BCUT2D eigenvalue weighted by Gasteiger charge is 2.39. The number of hydrogen-bond acceptors (Lipinski definition) is 10. The van der Waals surface area contributed by atoms with Crippen LogP contribution < -0.4 is 0 Å². The van der Waals surface area contributed by atoms with Gasteiger partial charge in [-0.05, 0) is 176 Å². The van der Waals surface area contributed by atoms with Gasteiger partial charge in [0.25, 0.3) is 5.91 Å². The fraction of sp³-hybridized carbons (Fsp3) is 0.500. The van der Waals surface area contributed by atoms with Crippen molar-refractivity contribution in [1.82, 2.24) is 9.80 Å². The van der Waals surface area contributed by atoms with E-state index < -0.39 is 35.7 Å². The van der Waals surface area contributed by atoms with Gasteiger partial charge >= 0.3 is 11.9 Å². The number of allylic oxidation sites excluding steroid dienone is 4. The first kappa shape index (κ1) is 61.3. The number of rotatable bonds is 12. The number of nitrogens with zero attached hydrogens (tertiary/aromatic N) is 2. The van der Waals surface area contributed by atoms with Crippen molar-refractivity contribution in [2.45, 2.75) is 163 Å². The topological polar surface area (TPSA) is 130 Å². The highest BCUT2D eigenvalue weighted by atomic mass is 16.7. The summed E-state index contributed by atoms with van der Waals surface area (Å²) < 4.78 is 33.5. The molecule has 2 spiro atoms. The number of esters is 2. The molecule has 0 aromatic rings. The van der Waals surface area contributed by atoms with Crippen LogP contribution in [0.1, 0.15) is 115 Å². The van der Waals surface area contributed by atoms with Gasteiger partial charge in [0.15, 0.2) is 17.7 Å². The lowest BCUT2D eigenvalue weighted by molar-refractivity contribution is -0.162. The molecular weight excluding hydrogens is 885 g/mol. The predicted molar refractivity (Wildman–Crippen MR) is 270 cm³/mol. The standard InChI is InChI=1S/C22H33NO5.C22H31NO5.C13H4.CH4/c2*1-16(2)23(17(3)4)20(24)10-8-18(5)28-21(25)11-9-19-7-6-12-22(15-19)26-13-14-27-22;1-3-5-7-9-11-13-12-10-8-6-4-2;/h7-11,16-18H,6,12-15H2,1-5H3;7,9,11,16-18H,6,12-15H2,1-5H3;1-2H2;1H4/b10-8-,11-9+;11-9+;;/t;18-;;/m.1../s1. The Balaban J connectivity index is 0.000000557. The number of amides is 2. The molecule has 0 bridgehead atoms. The fourth-order valence-corrected chi connectivity index (χ4v) is 7.50. The first-order chi connectivity index (χ1) is 32.9. The van der Waals surface area contributed by atoms with Crippen LogP contribution in [0.25, 0.3) is 0 Å². The van der Waals surface area contributed by atoms with Crippen molar-refractivity contribution in [1.29, 1.82) is 0 Å². The predicted octanol–water partition coefficient (Wildman–Crippen LogP) is 9.65. The Labute approximate surface area is 417 Å². The minimum absolute atomic E-state index is 0. The minimum atomic E-state index is -0.671. The summed E-state index contributed by atoms with van der Waals surface area (Å²) in [6, 6.07) is 0.334. The molecule has 2 aliphatic heterocycles. The maximum absolute atomic E-state index is 12.3. The summed E-state index contributed by atoms with van der Waals surface area (Å²) in [6.07, 6.45) is 17.0. The van der Waals surface area contributed by atoms with Crippen molar-refractivity contribution < 1.29 is 47.6 Å². The monoisotopic (exact) mass is 957 g/mol. The fourth-order valence-electron chi connectivity index (χ4n) is 7.50. The molecule has 70 heavy (non-hydrogen) atoms. The molecule has 12 heteroatoms. The van der Waals surface area contributed by atoms with Crippen molar-refractivity contribution in [3.63, 3.8) is 0 Å². The van der Waals surface area contributed by atoms with E-state index in [1.54, 1.807) is 41.9 Å². The molecule has 0 aromatic heterocycles. The molecule has 0 aromatic carbocycles. The average Bonchev–Trinajstić information content (AvgIpc) is 3.94. The molecule has 2 atom stereocenters. The molecule has 2 amide bonds. The third-order valence-corrected chi connectivity index (χ3v) is 10.2. The van der Waals surface area contributed by atoms with Crippen molar-refractivity contribution in [2.75, 3.05) is 26.4 Å². The summed E-state index contributed by atoms with van der Waals surface area (Å²) in [5.41, 5.74) is 28.9. The lowest BCUT2D eigenvalue weighted by Crippen LogP contribution is -2.41. The molecule has 4 aliphatic rings. The molecule has 0 N–H and O–H groups in total. The summed E-state index contributed by atoms with van der Waals surface area (Å²) >= 11 is 0. The van der Waals surface area contributed by atoms with E-state index in [1.165, 1.54) is 18.2 Å². The Morgan fingerprint density at radius 2 is 0.971 bits per heavy atom. The van der Waals surface area contributed by atoms with Crippen LogP contribution in [0.2, 0.25) is 0 Å². The van der Waals surface area contributed by atoms with Gasteiger partial charge < -0.3 is 38.2 Å². The zero-order valence-electron chi connectivity index (χ0n) is 42.0. The van der Waals surface area contributed by atoms with Crippen LogP contribution in [0.15, 0.2) is 136 Å². The van der Waals surface area contributed by atoms with Gasteiger partial charge in [-0.25, -0.2) is 9.59 Å². The van der Waals surface area contributed by atoms with Gasteiger partial charge in [-0.1, -0.05) is 43.2 Å². The van der Waals surface area contributed by atoms with Crippen LogP contribution in [0.4, 0.5) is 0 Å². The highest BCUT2D eigenvalue weighted by molar-refractivity contribution is 5.94. The molecule has 0 radical (unpaired) electrons. The van der Waals surface area contributed by atoms with E-state index in [0.29, 0.717) is 39.3 Å².